The van der Waals surface area contributed by atoms with E-state index in [0.29, 0.717) is 33.9 Å². The Morgan fingerprint density at radius 3 is 1.26 bits per heavy atom. The number of nitrogens with one attached hydrogen (secondary N) is 2. The van der Waals surface area contributed by atoms with Crippen LogP contribution in [-0.4, -0.2) is 21.8 Å². The van der Waals surface area contributed by atoms with E-state index in [9.17, 15) is 9.59 Å². The number of hydrogen-bond acceptors (Lipinski definition) is 4. The third kappa shape index (κ3) is 5.80. The number of aryl methyl sites for hydroxylation is 4. The van der Waals surface area contributed by atoms with Crippen LogP contribution in [0.1, 0.15) is 80.3 Å². The Kier molecular flexibility index (Phi) is 8.01. The normalized spacial score (nSPS) is 12.5. The van der Waals surface area contributed by atoms with E-state index in [0.717, 1.165) is 22.3 Å². The van der Waals surface area contributed by atoms with Crippen LogP contribution >= 0.6 is 0 Å². The molecular weight excluding hydrogens is 472 g/mol. The third-order valence-corrected chi connectivity index (χ3v) is 6.81. The highest BCUT2D eigenvalue weighted by molar-refractivity contribution is 5.98. The number of hydrogen-bond donors (Lipinski definition) is 2. The molecule has 0 bridgehead atoms. The maximum atomic E-state index is 13.1. The van der Waals surface area contributed by atoms with Crippen LogP contribution in [0.25, 0.3) is 11.4 Å². The molecule has 0 aliphatic heterocycles. The Morgan fingerprint density at radius 2 is 0.947 bits per heavy atom. The number of aromatic nitrogens is 2. The molecule has 0 saturated heterocycles. The van der Waals surface area contributed by atoms with Gasteiger partial charge in [0, 0.05) is 0 Å². The lowest BCUT2D eigenvalue weighted by molar-refractivity contribution is 0.0929. The molecule has 2 aromatic carbocycles. The second-order valence-corrected chi connectivity index (χ2v) is 9.78. The summed E-state index contributed by atoms with van der Waals surface area (Å²) in [6.07, 6.45) is 0. The van der Waals surface area contributed by atoms with Gasteiger partial charge in [-0.1, -0.05) is 60.7 Å². The first-order chi connectivity index (χ1) is 18.2. The SMILES string of the molecule is Cc1cc(-c2cc(C)c(C(=O)N[C@@H](C)c3ccccc3)c(C)n2)nc(C)c1C(=O)N[C@@H](C)c1ccccc1. The van der Waals surface area contributed by atoms with E-state index in [1.165, 1.54) is 0 Å². The lowest BCUT2D eigenvalue weighted by Gasteiger charge is -2.18. The Hall–Kier alpha value is -4.32. The number of rotatable bonds is 7. The number of pyridine rings is 2. The number of carbonyl (C=O) groups is 2. The number of carbonyl (C=O) groups excluding carboxylic acids is 2. The molecule has 2 N–H and O–H groups in total. The average Bonchev–Trinajstić information content (AvgIpc) is 2.88. The Balaban J connectivity index is 1.56. The zero-order valence-corrected chi connectivity index (χ0v) is 22.8. The van der Waals surface area contributed by atoms with Gasteiger partial charge >= 0.3 is 0 Å². The summed E-state index contributed by atoms with van der Waals surface area (Å²) in [5, 5.41) is 6.16. The predicted molar refractivity (Wildman–Crippen MR) is 151 cm³/mol. The van der Waals surface area contributed by atoms with Crippen LogP contribution in [0.2, 0.25) is 0 Å². The van der Waals surface area contributed by atoms with E-state index in [-0.39, 0.29) is 23.9 Å². The monoisotopic (exact) mass is 506 g/mol. The smallest absolute Gasteiger partial charge is 0.253 e. The minimum atomic E-state index is -0.157. The predicted octanol–water partition coefficient (Wildman–Crippen LogP) is 6.36. The molecule has 0 aliphatic rings. The van der Waals surface area contributed by atoms with Crippen LogP contribution in [0, 0.1) is 27.7 Å². The molecule has 0 radical (unpaired) electrons. The molecule has 4 rings (SSSR count). The Morgan fingerprint density at radius 1 is 0.605 bits per heavy atom. The molecule has 2 atom stereocenters. The lowest BCUT2D eigenvalue weighted by atomic mass is 10.0. The summed E-state index contributed by atoms with van der Waals surface area (Å²) in [5.74, 6) is -0.314. The zero-order chi connectivity index (χ0) is 27.4. The number of benzene rings is 2. The molecule has 194 valence electrons. The van der Waals surface area contributed by atoms with Gasteiger partial charge in [-0.25, -0.2) is 0 Å². The third-order valence-electron chi connectivity index (χ3n) is 6.81. The van der Waals surface area contributed by atoms with Gasteiger partial charge in [0.15, 0.2) is 0 Å². The van der Waals surface area contributed by atoms with Crippen molar-refractivity contribution in [3.05, 3.63) is 118 Å². The highest BCUT2D eigenvalue weighted by Gasteiger charge is 2.21. The maximum absolute atomic E-state index is 13.1. The lowest BCUT2D eigenvalue weighted by Crippen LogP contribution is -2.28. The first-order valence-corrected chi connectivity index (χ1v) is 12.8. The Labute approximate surface area is 224 Å². The summed E-state index contributed by atoms with van der Waals surface area (Å²) < 4.78 is 0. The minimum absolute atomic E-state index is 0.127. The largest absolute Gasteiger partial charge is 0.345 e. The number of nitrogens with zero attached hydrogens (tertiary/aromatic N) is 2. The standard InChI is InChI=1S/C32H34N4O2/c1-19-17-27(33-23(5)29(19)31(37)35-21(3)25-13-9-7-10-14-25)28-18-20(2)30(24(6)34-28)32(38)36-22(4)26-15-11-8-12-16-26/h7-18,21-22H,1-6H3,(H,35,37)(H,36,38)/t21-,22-/m0/s1. The molecule has 2 heterocycles. The van der Waals surface area contributed by atoms with Crippen molar-refractivity contribution in [1.82, 2.24) is 20.6 Å². The summed E-state index contributed by atoms with van der Waals surface area (Å²) in [7, 11) is 0. The quantitative estimate of drug-likeness (QED) is 0.306. The van der Waals surface area contributed by atoms with Crippen molar-refractivity contribution in [1.29, 1.82) is 0 Å². The van der Waals surface area contributed by atoms with Crippen LogP contribution in [0.15, 0.2) is 72.8 Å². The topological polar surface area (TPSA) is 84.0 Å². The first kappa shape index (κ1) is 26.7. The summed E-state index contributed by atoms with van der Waals surface area (Å²) in [5.41, 5.74) is 7.46. The van der Waals surface area contributed by atoms with Gasteiger partial charge in [0.2, 0.25) is 0 Å². The molecule has 0 unspecified atom stereocenters. The van der Waals surface area contributed by atoms with E-state index in [4.69, 9.17) is 9.97 Å². The van der Waals surface area contributed by atoms with E-state index in [2.05, 4.69) is 10.6 Å². The van der Waals surface area contributed by atoms with Crippen LogP contribution in [0.3, 0.4) is 0 Å². The van der Waals surface area contributed by atoms with E-state index in [1.807, 2.05) is 114 Å². The fourth-order valence-corrected chi connectivity index (χ4v) is 4.80. The summed E-state index contributed by atoms with van der Waals surface area (Å²) >= 11 is 0. The second-order valence-electron chi connectivity index (χ2n) is 9.78. The van der Waals surface area contributed by atoms with Gasteiger partial charge in [-0.3, -0.25) is 19.6 Å². The number of amides is 2. The molecule has 2 amide bonds. The van der Waals surface area contributed by atoms with Gasteiger partial charge in [-0.05, 0) is 75.9 Å². The van der Waals surface area contributed by atoms with Crippen LogP contribution < -0.4 is 10.6 Å². The molecule has 6 heteroatoms. The van der Waals surface area contributed by atoms with E-state index in [1.54, 1.807) is 0 Å². The summed E-state index contributed by atoms with van der Waals surface area (Å²) in [6.45, 7) is 11.4. The molecule has 38 heavy (non-hydrogen) atoms. The minimum Gasteiger partial charge on any atom is -0.345 e. The molecule has 4 aromatic rings. The molecule has 0 fully saturated rings. The van der Waals surface area contributed by atoms with Crippen molar-refractivity contribution in [2.45, 2.75) is 53.6 Å². The fourth-order valence-electron chi connectivity index (χ4n) is 4.80. The van der Waals surface area contributed by atoms with E-state index < -0.39 is 0 Å². The van der Waals surface area contributed by atoms with Crippen molar-refractivity contribution in [3.8, 4) is 11.4 Å². The molecule has 0 spiro atoms. The van der Waals surface area contributed by atoms with E-state index >= 15 is 0 Å². The molecule has 2 aromatic heterocycles. The maximum Gasteiger partial charge on any atom is 0.253 e. The molecule has 0 saturated carbocycles. The summed E-state index contributed by atoms with van der Waals surface area (Å²) in [6, 6.07) is 23.2. The van der Waals surface area contributed by atoms with Crippen molar-refractivity contribution in [2.75, 3.05) is 0 Å². The van der Waals surface area contributed by atoms with Gasteiger partial charge in [0.05, 0.1) is 46.0 Å². The molecular formula is C32H34N4O2. The van der Waals surface area contributed by atoms with Crippen LogP contribution in [-0.2, 0) is 0 Å². The zero-order valence-electron chi connectivity index (χ0n) is 22.8. The average molecular weight is 507 g/mol. The van der Waals surface area contributed by atoms with Crippen LogP contribution in [0.5, 0.6) is 0 Å². The molecule has 0 aliphatic carbocycles. The fraction of sp³-hybridized carbons (Fsp3) is 0.250. The van der Waals surface area contributed by atoms with Crippen molar-refractivity contribution in [3.63, 3.8) is 0 Å². The van der Waals surface area contributed by atoms with Crippen molar-refractivity contribution >= 4 is 11.8 Å². The van der Waals surface area contributed by atoms with Crippen molar-refractivity contribution < 1.29 is 9.59 Å². The van der Waals surface area contributed by atoms with Gasteiger partial charge < -0.3 is 10.6 Å². The van der Waals surface area contributed by atoms with Gasteiger partial charge in [0.25, 0.3) is 11.8 Å². The van der Waals surface area contributed by atoms with Gasteiger partial charge in [0.1, 0.15) is 0 Å². The van der Waals surface area contributed by atoms with Crippen molar-refractivity contribution in [2.24, 2.45) is 0 Å². The highest BCUT2D eigenvalue weighted by Crippen LogP contribution is 2.25. The van der Waals surface area contributed by atoms with Gasteiger partial charge in [-0.15, -0.1) is 0 Å². The van der Waals surface area contributed by atoms with Gasteiger partial charge in [-0.2, -0.15) is 0 Å². The Bertz CT molecular complexity index is 1310. The first-order valence-electron chi connectivity index (χ1n) is 12.8. The summed E-state index contributed by atoms with van der Waals surface area (Å²) in [4.78, 5) is 35.7. The molecule has 6 nitrogen and oxygen atoms in total. The second kappa shape index (κ2) is 11.4. The highest BCUT2D eigenvalue weighted by atomic mass is 16.2. The van der Waals surface area contributed by atoms with Crippen LogP contribution in [0.4, 0.5) is 0 Å².